The van der Waals surface area contributed by atoms with Gasteiger partial charge < -0.3 is 9.80 Å². The van der Waals surface area contributed by atoms with E-state index in [1.165, 1.54) is 24.3 Å². The van der Waals surface area contributed by atoms with Gasteiger partial charge in [0.1, 0.15) is 11.5 Å². The molecule has 0 aromatic heterocycles. The number of nitrogens with zero attached hydrogens (tertiary/aromatic N) is 3. The van der Waals surface area contributed by atoms with E-state index in [2.05, 4.69) is 4.90 Å². The maximum absolute atomic E-state index is 13.3. The van der Waals surface area contributed by atoms with Crippen LogP contribution < -0.4 is 4.90 Å². The van der Waals surface area contributed by atoms with Crippen molar-refractivity contribution >= 4 is 23.1 Å². The maximum atomic E-state index is 13.3. The summed E-state index contributed by atoms with van der Waals surface area (Å²) in [6.45, 7) is 4.98. The number of halogens is 1. The Bertz CT molecular complexity index is 943. The first-order valence-electron chi connectivity index (χ1n) is 9.35. The van der Waals surface area contributed by atoms with Crippen LogP contribution >= 0.6 is 0 Å². The highest BCUT2D eigenvalue weighted by molar-refractivity contribution is 6.45. The van der Waals surface area contributed by atoms with E-state index in [1.54, 1.807) is 0 Å². The molecule has 1 saturated heterocycles. The third kappa shape index (κ3) is 3.20. The predicted octanol–water partition coefficient (Wildman–Crippen LogP) is 2.67. The molecule has 0 atom stereocenters. The zero-order valence-electron chi connectivity index (χ0n) is 16.0. The lowest BCUT2D eigenvalue weighted by molar-refractivity contribution is -0.120. The maximum Gasteiger partial charge on any atom is 0.282 e. The van der Waals surface area contributed by atoms with Gasteiger partial charge in [0, 0.05) is 26.2 Å². The molecule has 5 nitrogen and oxygen atoms in total. The van der Waals surface area contributed by atoms with Crippen LogP contribution in [0, 0.1) is 12.7 Å². The smallest absolute Gasteiger partial charge is 0.282 e. The van der Waals surface area contributed by atoms with Crippen molar-refractivity contribution in [2.75, 3.05) is 38.1 Å². The summed E-state index contributed by atoms with van der Waals surface area (Å²) < 4.78 is 13.3. The molecule has 2 aromatic rings. The summed E-state index contributed by atoms with van der Waals surface area (Å²) in [5.41, 5.74) is 3.04. The molecule has 4 rings (SSSR count). The Labute approximate surface area is 163 Å². The molecule has 0 bridgehead atoms. The van der Waals surface area contributed by atoms with Gasteiger partial charge in [-0.1, -0.05) is 29.8 Å². The molecule has 144 valence electrons. The summed E-state index contributed by atoms with van der Waals surface area (Å²) in [5.74, 6) is -1.13. The van der Waals surface area contributed by atoms with Gasteiger partial charge in [0.25, 0.3) is 11.8 Å². The van der Waals surface area contributed by atoms with Crippen molar-refractivity contribution in [3.8, 4) is 0 Å². The number of amides is 2. The molecule has 2 amide bonds. The number of piperazine rings is 1. The second-order valence-electron chi connectivity index (χ2n) is 7.30. The number of carbonyl (C=O) groups excluding carboxylic acids is 2. The van der Waals surface area contributed by atoms with Crippen LogP contribution in [-0.4, -0.2) is 54.8 Å². The van der Waals surface area contributed by atoms with Crippen LogP contribution in [-0.2, 0) is 9.59 Å². The lowest BCUT2D eigenvalue weighted by Gasteiger charge is -2.34. The fraction of sp³-hybridized carbons (Fsp3) is 0.273. The number of hydrogen-bond donors (Lipinski definition) is 0. The van der Waals surface area contributed by atoms with Gasteiger partial charge in [-0.25, -0.2) is 9.29 Å². The second kappa shape index (κ2) is 7.20. The van der Waals surface area contributed by atoms with Gasteiger partial charge in [0.15, 0.2) is 0 Å². The monoisotopic (exact) mass is 379 g/mol. The van der Waals surface area contributed by atoms with E-state index >= 15 is 0 Å². The second-order valence-corrected chi connectivity index (χ2v) is 7.30. The molecule has 2 heterocycles. The molecule has 28 heavy (non-hydrogen) atoms. The van der Waals surface area contributed by atoms with Gasteiger partial charge in [0.2, 0.25) is 0 Å². The number of hydrogen-bond acceptors (Lipinski definition) is 4. The van der Waals surface area contributed by atoms with E-state index in [0.29, 0.717) is 30.0 Å². The standard InChI is InChI=1S/C22H22FN3O2/c1-15-3-5-16(6-4-15)19-20(25-13-11-24(2)12-14-25)22(28)26(21(19)27)18-9-7-17(23)8-10-18/h3-10H,11-14H2,1-2H3. The number of likely N-dealkylation sites (N-methyl/N-ethyl adjacent to an activating group) is 1. The van der Waals surface area contributed by atoms with Gasteiger partial charge in [0.05, 0.1) is 11.3 Å². The highest BCUT2D eigenvalue weighted by Gasteiger charge is 2.42. The average Bonchev–Trinajstić information content (AvgIpc) is 2.94. The van der Waals surface area contributed by atoms with Crippen LogP contribution in [0.4, 0.5) is 10.1 Å². The predicted molar refractivity (Wildman–Crippen MR) is 106 cm³/mol. The molecule has 6 heteroatoms. The van der Waals surface area contributed by atoms with Gasteiger partial charge in [-0.05, 0) is 43.8 Å². The minimum absolute atomic E-state index is 0.350. The Morgan fingerprint density at radius 3 is 2.04 bits per heavy atom. The van der Waals surface area contributed by atoms with Crippen LogP contribution in [0.1, 0.15) is 11.1 Å². The SMILES string of the molecule is Cc1ccc(C2=C(N3CCN(C)CC3)C(=O)N(c3ccc(F)cc3)C2=O)cc1. The fourth-order valence-electron chi connectivity index (χ4n) is 3.65. The Morgan fingerprint density at radius 1 is 0.821 bits per heavy atom. The van der Waals surface area contributed by atoms with Crippen LogP contribution in [0.3, 0.4) is 0 Å². The lowest BCUT2D eigenvalue weighted by Crippen LogP contribution is -2.46. The van der Waals surface area contributed by atoms with Gasteiger partial charge in [-0.2, -0.15) is 0 Å². The van der Waals surface area contributed by atoms with Crippen molar-refractivity contribution in [3.63, 3.8) is 0 Å². The molecule has 0 saturated carbocycles. The molecule has 2 aromatic carbocycles. The molecule has 0 radical (unpaired) electrons. The minimum Gasteiger partial charge on any atom is -0.364 e. The van der Waals surface area contributed by atoms with E-state index in [9.17, 15) is 14.0 Å². The Hall–Kier alpha value is -2.99. The van der Waals surface area contributed by atoms with Gasteiger partial charge in [-0.3, -0.25) is 9.59 Å². The van der Waals surface area contributed by atoms with Gasteiger partial charge in [-0.15, -0.1) is 0 Å². The zero-order chi connectivity index (χ0) is 19.8. The topological polar surface area (TPSA) is 43.9 Å². The van der Waals surface area contributed by atoms with Crippen LogP contribution in [0.2, 0.25) is 0 Å². The summed E-state index contributed by atoms with van der Waals surface area (Å²) in [4.78, 5) is 32.0. The normalized spacial score (nSPS) is 18.4. The van der Waals surface area contributed by atoms with Crippen LogP contribution in [0.5, 0.6) is 0 Å². The van der Waals surface area contributed by atoms with Gasteiger partial charge >= 0.3 is 0 Å². The first-order valence-corrected chi connectivity index (χ1v) is 9.35. The number of carbonyl (C=O) groups is 2. The van der Waals surface area contributed by atoms with Crippen LogP contribution in [0.15, 0.2) is 54.2 Å². The average molecular weight is 379 g/mol. The Morgan fingerprint density at radius 2 is 1.43 bits per heavy atom. The summed E-state index contributed by atoms with van der Waals surface area (Å²) >= 11 is 0. The summed E-state index contributed by atoms with van der Waals surface area (Å²) in [5, 5.41) is 0. The van der Waals surface area contributed by atoms with Crippen molar-refractivity contribution in [1.29, 1.82) is 0 Å². The zero-order valence-corrected chi connectivity index (χ0v) is 16.0. The first kappa shape index (κ1) is 18.4. The van der Waals surface area contributed by atoms with Crippen molar-refractivity contribution in [3.05, 3.63) is 71.2 Å². The van der Waals surface area contributed by atoms with Crippen LogP contribution in [0.25, 0.3) is 5.57 Å². The number of benzene rings is 2. The van der Waals surface area contributed by atoms with E-state index in [1.807, 2.05) is 43.1 Å². The third-order valence-corrected chi connectivity index (χ3v) is 5.30. The summed E-state index contributed by atoms with van der Waals surface area (Å²) in [6.07, 6.45) is 0. The number of anilines is 1. The largest absolute Gasteiger partial charge is 0.364 e. The number of rotatable bonds is 3. The Kier molecular flexibility index (Phi) is 4.73. The Balaban J connectivity index is 1.79. The highest BCUT2D eigenvalue weighted by Crippen LogP contribution is 2.35. The minimum atomic E-state index is -0.408. The molecule has 0 N–H and O–H groups in total. The molecule has 1 fully saturated rings. The molecular weight excluding hydrogens is 357 g/mol. The third-order valence-electron chi connectivity index (χ3n) is 5.30. The van der Waals surface area contributed by atoms with E-state index in [0.717, 1.165) is 29.1 Å². The summed E-state index contributed by atoms with van der Waals surface area (Å²) in [6, 6.07) is 13.1. The molecule has 0 aliphatic carbocycles. The molecule has 2 aliphatic rings. The van der Waals surface area contributed by atoms with Crippen molar-refractivity contribution < 1.29 is 14.0 Å². The lowest BCUT2D eigenvalue weighted by atomic mass is 10.0. The van der Waals surface area contributed by atoms with E-state index < -0.39 is 5.82 Å². The summed E-state index contributed by atoms with van der Waals surface area (Å²) in [7, 11) is 2.04. The van der Waals surface area contributed by atoms with Crippen molar-refractivity contribution in [2.24, 2.45) is 0 Å². The highest BCUT2D eigenvalue weighted by atomic mass is 19.1. The molecule has 2 aliphatic heterocycles. The quantitative estimate of drug-likeness (QED) is 0.769. The number of imide groups is 1. The first-order chi connectivity index (χ1) is 13.5. The van der Waals surface area contributed by atoms with Crippen molar-refractivity contribution in [2.45, 2.75) is 6.92 Å². The molecule has 0 spiro atoms. The fourth-order valence-corrected chi connectivity index (χ4v) is 3.65. The van der Waals surface area contributed by atoms with E-state index in [4.69, 9.17) is 0 Å². The van der Waals surface area contributed by atoms with Crippen molar-refractivity contribution in [1.82, 2.24) is 9.80 Å². The molecule has 0 unspecified atom stereocenters. The van der Waals surface area contributed by atoms with E-state index in [-0.39, 0.29) is 11.8 Å². The number of aryl methyl sites for hydroxylation is 1. The molecular formula is C22H22FN3O2.